The molecule has 0 spiro atoms. The Balaban J connectivity index is 1.54. The van der Waals surface area contributed by atoms with E-state index in [2.05, 4.69) is 26.5 Å². The molecular formula is C18H12BrClN2O3S. The Morgan fingerprint density at radius 3 is 2.88 bits per heavy atom. The molecule has 1 aromatic heterocycles. The monoisotopic (exact) mass is 450 g/mol. The van der Waals surface area contributed by atoms with Gasteiger partial charge in [-0.15, -0.1) is 11.3 Å². The van der Waals surface area contributed by atoms with Gasteiger partial charge in [0.15, 0.2) is 11.5 Å². The van der Waals surface area contributed by atoms with Gasteiger partial charge in [-0.05, 0) is 46.6 Å². The fourth-order valence-electron chi connectivity index (χ4n) is 2.56. The van der Waals surface area contributed by atoms with Crippen molar-refractivity contribution in [1.82, 2.24) is 5.43 Å². The number of carbonyl (C=O) groups excluding carboxylic acids is 1. The molecule has 26 heavy (non-hydrogen) atoms. The predicted molar refractivity (Wildman–Crippen MR) is 107 cm³/mol. The van der Waals surface area contributed by atoms with E-state index in [1.807, 2.05) is 25.1 Å². The number of hydrazone groups is 1. The molecule has 1 aliphatic heterocycles. The van der Waals surface area contributed by atoms with Crippen molar-refractivity contribution in [2.24, 2.45) is 5.10 Å². The van der Waals surface area contributed by atoms with Crippen molar-refractivity contribution in [2.45, 2.75) is 6.92 Å². The van der Waals surface area contributed by atoms with Crippen molar-refractivity contribution >= 4 is 61.1 Å². The smallest absolute Gasteiger partial charge is 0.283 e. The molecule has 0 fully saturated rings. The summed E-state index contributed by atoms with van der Waals surface area (Å²) in [7, 11) is 0. The molecule has 5 nitrogen and oxygen atoms in total. The molecule has 2 aromatic carbocycles. The minimum atomic E-state index is -0.345. The fraction of sp³-hybridized carbons (Fsp3) is 0.111. The summed E-state index contributed by atoms with van der Waals surface area (Å²) in [5, 5.41) is 5.35. The van der Waals surface area contributed by atoms with Gasteiger partial charge in [-0.2, -0.15) is 5.10 Å². The first-order valence-corrected chi connectivity index (χ1v) is 9.63. The number of aryl methyl sites for hydroxylation is 1. The van der Waals surface area contributed by atoms with E-state index in [1.165, 1.54) is 17.6 Å². The zero-order valence-corrected chi connectivity index (χ0v) is 16.7. The minimum Gasteiger partial charge on any atom is -0.454 e. The van der Waals surface area contributed by atoms with Crippen molar-refractivity contribution in [1.29, 1.82) is 0 Å². The zero-order chi connectivity index (χ0) is 18.3. The first-order chi connectivity index (χ1) is 12.5. The molecule has 0 bridgehead atoms. The van der Waals surface area contributed by atoms with Crippen LogP contribution in [-0.4, -0.2) is 18.9 Å². The summed E-state index contributed by atoms with van der Waals surface area (Å²) in [4.78, 5) is 12.9. The topological polar surface area (TPSA) is 59.9 Å². The third kappa shape index (κ3) is 3.18. The molecule has 4 rings (SSSR count). The summed E-state index contributed by atoms with van der Waals surface area (Å²) in [6.45, 7) is 2.20. The summed E-state index contributed by atoms with van der Waals surface area (Å²) in [6, 6.07) is 9.49. The average molecular weight is 452 g/mol. The van der Waals surface area contributed by atoms with Gasteiger partial charge >= 0.3 is 0 Å². The molecule has 0 saturated carbocycles. The maximum Gasteiger partial charge on any atom is 0.283 e. The SMILES string of the molecule is Cc1ccc2c(Cl)c(C(=O)N/N=C\c3cc4c(cc3Br)OCO4)sc2c1. The second-order valence-corrected chi connectivity index (χ2v) is 7.96. The first-order valence-electron chi connectivity index (χ1n) is 7.64. The van der Waals surface area contributed by atoms with E-state index in [-0.39, 0.29) is 12.7 Å². The van der Waals surface area contributed by atoms with Crippen LogP contribution in [0.25, 0.3) is 10.1 Å². The Labute approximate surface area is 166 Å². The molecule has 0 atom stereocenters. The van der Waals surface area contributed by atoms with Gasteiger partial charge in [0.05, 0.1) is 11.2 Å². The summed E-state index contributed by atoms with van der Waals surface area (Å²) in [6.07, 6.45) is 1.54. The van der Waals surface area contributed by atoms with Gasteiger partial charge < -0.3 is 9.47 Å². The number of carbonyl (C=O) groups is 1. The van der Waals surface area contributed by atoms with Crippen LogP contribution in [0.4, 0.5) is 0 Å². The number of ether oxygens (including phenoxy) is 2. The van der Waals surface area contributed by atoms with E-state index in [9.17, 15) is 4.79 Å². The summed E-state index contributed by atoms with van der Waals surface area (Å²) in [5.74, 6) is 0.969. The number of hydrogen-bond acceptors (Lipinski definition) is 5. The third-order valence-corrected chi connectivity index (χ3v) is 6.20. The molecule has 132 valence electrons. The van der Waals surface area contributed by atoms with Crippen LogP contribution in [0.1, 0.15) is 20.8 Å². The van der Waals surface area contributed by atoms with Gasteiger partial charge in [-0.1, -0.05) is 23.7 Å². The summed E-state index contributed by atoms with van der Waals surface area (Å²) >= 11 is 11.1. The molecule has 1 aliphatic rings. The predicted octanol–water partition coefficient (Wildman–Crippen LogP) is 5.12. The van der Waals surface area contributed by atoms with E-state index < -0.39 is 0 Å². The molecular weight excluding hydrogens is 440 g/mol. The van der Waals surface area contributed by atoms with E-state index >= 15 is 0 Å². The van der Waals surface area contributed by atoms with Crippen LogP contribution in [0, 0.1) is 6.92 Å². The molecule has 3 aromatic rings. The zero-order valence-electron chi connectivity index (χ0n) is 13.5. The van der Waals surface area contributed by atoms with E-state index in [0.717, 1.165) is 25.7 Å². The second-order valence-electron chi connectivity index (χ2n) is 5.67. The lowest BCUT2D eigenvalue weighted by molar-refractivity contribution is 0.0959. The van der Waals surface area contributed by atoms with Gasteiger partial charge in [0, 0.05) is 20.1 Å². The number of nitrogens with zero attached hydrogens (tertiary/aromatic N) is 1. The van der Waals surface area contributed by atoms with Crippen molar-refractivity contribution in [3.63, 3.8) is 0 Å². The van der Waals surface area contributed by atoms with Crippen LogP contribution in [0.2, 0.25) is 5.02 Å². The quantitative estimate of drug-likeness (QED) is 0.444. The highest BCUT2D eigenvalue weighted by atomic mass is 79.9. The van der Waals surface area contributed by atoms with Crippen LogP contribution in [0.5, 0.6) is 11.5 Å². The van der Waals surface area contributed by atoms with E-state index in [0.29, 0.717) is 21.4 Å². The van der Waals surface area contributed by atoms with Crippen LogP contribution < -0.4 is 14.9 Å². The molecule has 1 N–H and O–H groups in total. The van der Waals surface area contributed by atoms with Crippen molar-refractivity contribution in [3.05, 3.63) is 55.8 Å². The van der Waals surface area contributed by atoms with Gasteiger partial charge in [0.1, 0.15) is 4.88 Å². The fourth-order valence-corrected chi connectivity index (χ4v) is 4.49. The number of rotatable bonds is 3. The highest BCUT2D eigenvalue weighted by Gasteiger charge is 2.18. The lowest BCUT2D eigenvalue weighted by Crippen LogP contribution is -2.16. The first kappa shape index (κ1) is 17.3. The van der Waals surface area contributed by atoms with Crippen molar-refractivity contribution in [3.8, 4) is 11.5 Å². The molecule has 8 heteroatoms. The van der Waals surface area contributed by atoms with Crippen molar-refractivity contribution < 1.29 is 14.3 Å². The maximum absolute atomic E-state index is 12.4. The lowest BCUT2D eigenvalue weighted by Gasteiger charge is -2.02. The molecule has 0 aliphatic carbocycles. The third-order valence-electron chi connectivity index (χ3n) is 3.85. The van der Waals surface area contributed by atoms with Gasteiger partial charge in [-0.25, -0.2) is 5.43 Å². The maximum atomic E-state index is 12.4. The van der Waals surface area contributed by atoms with Crippen LogP contribution in [0.3, 0.4) is 0 Å². The van der Waals surface area contributed by atoms with E-state index in [1.54, 1.807) is 12.1 Å². The average Bonchev–Trinajstić information content (AvgIpc) is 3.18. The normalized spacial score (nSPS) is 12.9. The number of amides is 1. The van der Waals surface area contributed by atoms with Crippen molar-refractivity contribution in [2.75, 3.05) is 6.79 Å². The number of thiophene rings is 1. The Bertz CT molecular complexity index is 1060. The number of halogens is 2. The van der Waals surface area contributed by atoms with Gasteiger partial charge in [0.25, 0.3) is 5.91 Å². The van der Waals surface area contributed by atoms with Crippen LogP contribution in [0.15, 0.2) is 39.9 Å². The Morgan fingerprint density at radius 1 is 1.31 bits per heavy atom. The van der Waals surface area contributed by atoms with Crippen LogP contribution >= 0.6 is 38.9 Å². The standard InChI is InChI=1S/C18H12BrClN2O3S/c1-9-2-3-11-15(4-9)26-17(16(11)20)18(23)22-21-7-10-5-13-14(6-12(10)19)25-8-24-13/h2-7H,8H2,1H3,(H,22,23)/b21-7-. The molecule has 1 amide bonds. The lowest BCUT2D eigenvalue weighted by atomic mass is 10.2. The minimum absolute atomic E-state index is 0.197. The Morgan fingerprint density at radius 2 is 2.08 bits per heavy atom. The molecule has 0 saturated heterocycles. The number of nitrogens with one attached hydrogen (secondary N) is 1. The summed E-state index contributed by atoms with van der Waals surface area (Å²) in [5.41, 5.74) is 4.40. The second kappa shape index (κ2) is 6.90. The Hall–Kier alpha value is -2.09. The van der Waals surface area contributed by atoms with Gasteiger partial charge in [-0.3, -0.25) is 4.79 Å². The highest BCUT2D eigenvalue weighted by Crippen LogP contribution is 2.37. The highest BCUT2D eigenvalue weighted by molar-refractivity contribution is 9.10. The number of hydrogen-bond donors (Lipinski definition) is 1. The summed E-state index contributed by atoms with van der Waals surface area (Å²) < 4.78 is 12.4. The van der Waals surface area contributed by atoms with Gasteiger partial charge in [0.2, 0.25) is 6.79 Å². The Kier molecular flexibility index (Phi) is 4.60. The molecule has 2 heterocycles. The molecule has 0 radical (unpaired) electrons. The number of benzene rings is 2. The number of fused-ring (bicyclic) bond motifs is 2. The van der Waals surface area contributed by atoms with Crippen LogP contribution in [-0.2, 0) is 0 Å². The molecule has 0 unspecified atom stereocenters. The van der Waals surface area contributed by atoms with E-state index in [4.69, 9.17) is 21.1 Å². The largest absolute Gasteiger partial charge is 0.454 e.